The van der Waals surface area contributed by atoms with E-state index < -0.39 is 21.1 Å². The third kappa shape index (κ3) is 2.94. The van der Waals surface area contributed by atoms with Crippen LogP contribution >= 0.6 is 0 Å². The van der Waals surface area contributed by atoms with Crippen LogP contribution in [-0.2, 0) is 0 Å². The Bertz CT molecular complexity index is 309. The van der Waals surface area contributed by atoms with Crippen LogP contribution in [0.4, 0.5) is 0 Å². The van der Waals surface area contributed by atoms with Crippen LogP contribution in [0.3, 0.4) is 0 Å². The molecule has 74 valence electrons. The molecule has 0 aromatic carbocycles. The maximum absolute atomic E-state index is 4.35. The van der Waals surface area contributed by atoms with Gasteiger partial charge in [-0.1, -0.05) is 0 Å². The van der Waals surface area contributed by atoms with Gasteiger partial charge >= 0.3 is 95.8 Å². The van der Waals surface area contributed by atoms with Crippen LogP contribution in [0.25, 0.3) is 0 Å². The molecule has 0 spiro atoms. The van der Waals surface area contributed by atoms with Gasteiger partial charge in [0, 0.05) is 0 Å². The van der Waals surface area contributed by atoms with Crippen LogP contribution in [0.2, 0.25) is 3.43 Å². The summed E-state index contributed by atoms with van der Waals surface area (Å²) in [6.45, 7) is 6.90. The molecule has 1 heterocycles. The molecule has 2 radical (unpaired) electrons. The van der Waals surface area contributed by atoms with Crippen molar-refractivity contribution >= 4 is 24.9 Å². The number of hydrogen-bond donors (Lipinski definition) is 0. The molecule has 0 bridgehead atoms. The van der Waals surface area contributed by atoms with Crippen molar-refractivity contribution < 1.29 is 0 Å². The van der Waals surface area contributed by atoms with E-state index in [9.17, 15) is 0 Å². The van der Waals surface area contributed by atoms with Gasteiger partial charge in [-0.25, -0.2) is 0 Å². The van der Waals surface area contributed by atoms with E-state index in [2.05, 4.69) is 43.1 Å². The van der Waals surface area contributed by atoms with Gasteiger partial charge in [0.25, 0.3) is 0 Å². The van der Waals surface area contributed by atoms with Gasteiger partial charge in [-0.2, -0.15) is 0 Å². The molecule has 1 aliphatic carbocycles. The second-order valence-electron chi connectivity index (χ2n) is 4.99. The Labute approximate surface area is 95.7 Å². The number of aromatic nitrogens is 2. The van der Waals surface area contributed by atoms with Crippen LogP contribution in [0.1, 0.15) is 45.2 Å². The van der Waals surface area contributed by atoms with E-state index in [0.29, 0.717) is 3.43 Å². The Morgan fingerprint density at radius 1 is 1.21 bits per heavy atom. The first-order valence-corrected chi connectivity index (χ1v) is 8.02. The molecular formula is C11H16N2Sn. The van der Waals surface area contributed by atoms with Crippen LogP contribution < -0.4 is 3.71 Å². The van der Waals surface area contributed by atoms with E-state index in [1.54, 1.807) is 0 Å². The number of hydrogen-bond acceptors (Lipinski definition) is 2. The van der Waals surface area contributed by atoms with Crippen LogP contribution in [-0.4, -0.2) is 31.3 Å². The molecule has 1 aromatic rings. The summed E-state index contributed by atoms with van der Waals surface area (Å²) in [6, 6.07) is 4.39. The van der Waals surface area contributed by atoms with Crippen molar-refractivity contribution in [2.75, 3.05) is 0 Å². The topological polar surface area (TPSA) is 25.8 Å². The monoisotopic (exact) mass is 296 g/mol. The fourth-order valence-electron chi connectivity index (χ4n) is 1.39. The summed E-state index contributed by atoms with van der Waals surface area (Å²) < 4.78 is 1.75. The van der Waals surface area contributed by atoms with E-state index in [1.807, 2.05) is 0 Å². The Hall–Kier alpha value is -0.121. The minimum absolute atomic E-state index is 0.471. The fourth-order valence-corrected chi connectivity index (χ4v) is 4.34. The van der Waals surface area contributed by atoms with Gasteiger partial charge in [0.2, 0.25) is 0 Å². The van der Waals surface area contributed by atoms with Gasteiger partial charge in [0.05, 0.1) is 0 Å². The third-order valence-electron chi connectivity index (χ3n) is 2.18. The first kappa shape index (κ1) is 10.4. The predicted molar refractivity (Wildman–Crippen MR) is 59.1 cm³/mol. The SMILES string of the molecule is C[C](C)(C)[Sn][c]1ccc(C2CC2)nn1. The Balaban J connectivity index is 2.06. The molecule has 0 saturated heterocycles. The molecule has 2 nitrogen and oxygen atoms in total. The second kappa shape index (κ2) is 3.80. The fraction of sp³-hybridized carbons (Fsp3) is 0.636. The van der Waals surface area contributed by atoms with Crippen molar-refractivity contribution in [1.82, 2.24) is 10.2 Å². The van der Waals surface area contributed by atoms with Gasteiger partial charge in [-0.05, 0) is 0 Å². The minimum atomic E-state index is -0.552. The standard InChI is InChI=1S/C7H7N2.C4H9.Sn/c1-2-7(6-3-4-6)9-8-5-1;1-4(2)3;/h1-2,6H,3-4H2;1-3H3;. The van der Waals surface area contributed by atoms with Crippen molar-refractivity contribution in [2.45, 2.75) is 43.0 Å². The first-order chi connectivity index (χ1) is 6.54. The van der Waals surface area contributed by atoms with Gasteiger partial charge in [-0.15, -0.1) is 0 Å². The molecule has 0 amide bonds. The van der Waals surface area contributed by atoms with Crippen LogP contribution in [0, 0.1) is 0 Å². The molecule has 0 aliphatic heterocycles. The van der Waals surface area contributed by atoms with E-state index >= 15 is 0 Å². The van der Waals surface area contributed by atoms with E-state index in [0.717, 1.165) is 5.92 Å². The van der Waals surface area contributed by atoms with Gasteiger partial charge < -0.3 is 0 Å². The molecule has 0 atom stereocenters. The first-order valence-electron chi connectivity index (χ1n) is 5.16. The molecular weight excluding hydrogens is 279 g/mol. The molecule has 3 heteroatoms. The Morgan fingerprint density at radius 2 is 1.93 bits per heavy atom. The summed E-state index contributed by atoms with van der Waals surface area (Å²) in [4.78, 5) is 0. The van der Waals surface area contributed by atoms with Crippen molar-refractivity contribution in [1.29, 1.82) is 0 Å². The molecule has 1 saturated carbocycles. The van der Waals surface area contributed by atoms with E-state index in [4.69, 9.17) is 0 Å². The maximum atomic E-state index is 4.35. The summed E-state index contributed by atoms with van der Waals surface area (Å²) >= 11 is -0.552. The number of nitrogens with zero attached hydrogens (tertiary/aromatic N) is 2. The summed E-state index contributed by atoms with van der Waals surface area (Å²) in [5, 5.41) is 8.67. The summed E-state index contributed by atoms with van der Waals surface area (Å²) in [5.74, 6) is 0.733. The predicted octanol–water partition coefficient (Wildman–Crippen LogP) is 1.90. The molecule has 0 N–H and O–H groups in total. The zero-order valence-electron chi connectivity index (χ0n) is 9.04. The van der Waals surface area contributed by atoms with Gasteiger partial charge in [0.15, 0.2) is 0 Å². The summed E-state index contributed by atoms with van der Waals surface area (Å²) in [6.07, 6.45) is 2.63. The Kier molecular flexibility index (Phi) is 2.82. The molecule has 1 fully saturated rings. The Morgan fingerprint density at radius 3 is 2.36 bits per heavy atom. The number of rotatable bonds is 2. The van der Waals surface area contributed by atoms with Crippen molar-refractivity contribution in [3.05, 3.63) is 17.8 Å². The third-order valence-corrected chi connectivity index (χ3v) is 5.82. The molecule has 0 unspecified atom stereocenters. The van der Waals surface area contributed by atoms with Crippen molar-refractivity contribution in [2.24, 2.45) is 0 Å². The van der Waals surface area contributed by atoms with Crippen LogP contribution in [0.5, 0.6) is 0 Å². The van der Waals surface area contributed by atoms with Gasteiger partial charge in [-0.3, -0.25) is 0 Å². The average molecular weight is 295 g/mol. The quantitative estimate of drug-likeness (QED) is 0.779. The summed E-state index contributed by atoms with van der Waals surface area (Å²) in [7, 11) is 0. The zero-order chi connectivity index (χ0) is 10.2. The summed E-state index contributed by atoms with van der Waals surface area (Å²) in [5.41, 5.74) is 1.21. The second-order valence-corrected chi connectivity index (χ2v) is 11.4. The van der Waals surface area contributed by atoms with E-state index in [1.165, 1.54) is 22.2 Å². The van der Waals surface area contributed by atoms with Crippen LogP contribution in [0.15, 0.2) is 12.1 Å². The molecule has 1 aromatic heterocycles. The van der Waals surface area contributed by atoms with E-state index in [-0.39, 0.29) is 0 Å². The van der Waals surface area contributed by atoms with Crippen molar-refractivity contribution in [3.63, 3.8) is 0 Å². The van der Waals surface area contributed by atoms with Crippen molar-refractivity contribution in [3.8, 4) is 0 Å². The normalized spacial score (nSPS) is 17.1. The molecule has 2 rings (SSSR count). The van der Waals surface area contributed by atoms with Gasteiger partial charge in [0.1, 0.15) is 0 Å². The molecule has 1 aliphatic rings. The average Bonchev–Trinajstić information content (AvgIpc) is 2.85. The zero-order valence-corrected chi connectivity index (χ0v) is 11.9. The molecule has 14 heavy (non-hydrogen) atoms.